The molecule has 1 aliphatic heterocycles. The molecule has 0 spiro atoms. The molecule has 1 aliphatic rings. The van der Waals surface area contributed by atoms with Gasteiger partial charge in [-0.15, -0.1) is 0 Å². The van der Waals surface area contributed by atoms with Crippen LogP contribution >= 0.6 is 0 Å². The molecule has 7 heteroatoms. The molecule has 1 fully saturated rings. The normalized spacial score (nSPS) is 17.9. The van der Waals surface area contributed by atoms with Crippen molar-refractivity contribution in [2.24, 2.45) is 0 Å². The highest BCUT2D eigenvalue weighted by molar-refractivity contribution is 7.89. The molecule has 1 heterocycles. The summed E-state index contributed by atoms with van der Waals surface area (Å²) in [6.07, 6.45) is 1.14. The third-order valence-corrected chi connectivity index (χ3v) is 5.57. The van der Waals surface area contributed by atoms with E-state index in [2.05, 4.69) is 4.74 Å². The van der Waals surface area contributed by atoms with Crippen molar-refractivity contribution in [3.05, 3.63) is 0 Å². The average molecular weight is 279 g/mol. The van der Waals surface area contributed by atoms with E-state index in [1.807, 2.05) is 0 Å². The van der Waals surface area contributed by atoms with E-state index in [4.69, 9.17) is 4.74 Å². The van der Waals surface area contributed by atoms with Crippen molar-refractivity contribution in [2.45, 2.75) is 31.4 Å². The highest BCUT2D eigenvalue weighted by Crippen LogP contribution is 2.19. The van der Waals surface area contributed by atoms with E-state index in [0.717, 1.165) is 0 Å². The summed E-state index contributed by atoms with van der Waals surface area (Å²) >= 11 is 0. The number of nitrogens with zero attached hydrogens (tertiary/aromatic N) is 1. The lowest BCUT2D eigenvalue weighted by molar-refractivity contribution is -0.140. The molecule has 1 rings (SSSR count). The fraction of sp³-hybridized carbons (Fsp3) is 0.909. The number of ether oxygens (including phenoxy) is 2. The van der Waals surface area contributed by atoms with Gasteiger partial charge < -0.3 is 9.47 Å². The number of hydrogen-bond donors (Lipinski definition) is 0. The molecule has 0 N–H and O–H groups in total. The molecule has 18 heavy (non-hydrogen) atoms. The van der Waals surface area contributed by atoms with Crippen molar-refractivity contribution in [1.82, 2.24) is 4.31 Å². The molecule has 0 aromatic carbocycles. The largest absolute Gasteiger partial charge is 0.469 e. The van der Waals surface area contributed by atoms with Gasteiger partial charge >= 0.3 is 5.97 Å². The molecule has 0 aromatic heterocycles. The Labute approximate surface area is 108 Å². The van der Waals surface area contributed by atoms with Crippen molar-refractivity contribution in [2.75, 3.05) is 33.4 Å². The number of hydrogen-bond acceptors (Lipinski definition) is 5. The smallest absolute Gasteiger partial charge is 0.306 e. The molecule has 1 saturated heterocycles. The maximum absolute atomic E-state index is 12.3. The summed E-state index contributed by atoms with van der Waals surface area (Å²) in [4.78, 5) is 11.1. The van der Waals surface area contributed by atoms with E-state index >= 15 is 0 Å². The van der Waals surface area contributed by atoms with E-state index in [0.29, 0.717) is 32.6 Å². The van der Waals surface area contributed by atoms with Crippen LogP contribution in [0.4, 0.5) is 0 Å². The number of rotatable bonds is 6. The molecule has 0 bridgehead atoms. The van der Waals surface area contributed by atoms with Crippen LogP contribution in [0.1, 0.15) is 26.2 Å². The minimum absolute atomic E-state index is 0.0901. The van der Waals surface area contributed by atoms with Gasteiger partial charge in [0, 0.05) is 26.3 Å². The average Bonchev–Trinajstić information content (AvgIpc) is 2.39. The van der Waals surface area contributed by atoms with Gasteiger partial charge in [0.1, 0.15) is 0 Å². The van der Waals surface area contributed by atoms with Crippen LogP contribution in [0.5, 0.6) is 0 Å². The lowest BCUT2D eigenvalue weighted by atomic mass is 10.2. The molecule has 0 atom stereocenters. The summed E-state index contributed by atoms with van der Waals surface area (Å²) < 4.78 is 35.7. The Morgan fingerprint density at radius 3 is 2.50 bits per heavy atom. The van der Waals surface area contributed by atoms with Crippen LogP contribution in [-0.2, 0) is 24.3 Å². The molecule has 0 aromatic rings. The third kappa shape index (κ3) is 3.93. The maximum Gasteiger partial charge on any atom is 0.306 e. The summed E-state index contributed by atoms with van der Waals surface area (Å²) in [5.41, 5.74) is 0. The molecule has 106 valence electrons. The van der Waals surface area contributed by atoms with Gasteiger partial charge in [0.2, 0.25) is 10.0 Å². The first-order chi connectivity index (χ1) is 8.52. The van der Waals surface area contributed by atoms with E-state index < -0.39 is 16.0 Å². The van der Waals surface area contributed by atoms with E-state index in [1.54, 1.807) is 6.92 Å². The van der Waals surface area contributed by atoms with Gasteiger partial charge in [-0.25, -0.2) is 12.7 Å². The fourth-order valence-corrected chi connectivity index (χ4v) is 3.88. The molecule has 0 unspecified atom stereocenters. The first-order valence-corrected chi connectivity index (χ1v) is 7.66. The highest BCUT2D eigenvalue weighted by atomic mass is 32.2. The zero-order valence-electron chi connectivity index (χ0n) is 10.9. The third-order valence-electron chi connectivity index (χ3n) is 3.10. The van der Waals surface area contributed by atoms with Crippen LogP contribution in [0.3, 0.4) is 0 Å². The van der Waals surface area contributed by atoms with Gasteiger partial charge in [0.25, 0.3) is 0 Å². The molecule has 0 aliphatic carbocycles. The predicted molar refractivity (Wildman–Crippen MR) is 66.6 cm³/mol. The van der Waals surface area contributed by atoms with Gasteiger partial charge in [0.05, 0.1) is 18.8 Å². The van der Waals surface area contributed by atoms with Crippen molar-refractivity contribution in [3.63, 3.8) is 0 Å². The maximum atomic E-state index is 12.3. The van der Waals surface area contributed by atoms with Crippen molar-refractivity contribution < 1.29 is 22.7 Å². The van der Waals surface area contributed by atoms with Crippen molar-refractivity contribution in [3.8, 4) is 0 Å². The second kappa shape index (κ2) is 7.06. The molecular weight excluding hydrogens is 258 g/mol. The minimum Gasteiger partial charge on any atom is -0.469 e. The standard InChI is InChI=1S/C11H21NO5S/c1-3-12(7-4-11(13)16-2)18(14,15)10-5-8-17-9-6-10/h10H,3-9H2,1-2H3. The van der Waals surface area contributed by atoms with Crippen LogP contribution in [0.15, 0.2) is 0 Å². The van der Waals surface area contributed by atoms with Crippen molar-refractivity contribution >= 4 is 16.0 Å². The summed E-state index contributed by atoms with van der Waals surface area (Å²) in [5, 5.41) is -0.385. The Hall–Kier alpha value is -0.660. The lowest BCUT2D eigenvalue weighted by Gasteiger charge is -2.28. The summed E-state index contributed by atoms with van der Waals surface area (Å²) in [7, 11) is -2.04. The number of carbonyl (C=O) groups excluding carboxylic acids is 1. The molecule has 0 radical (unpaired) electrons. The van der Waals surface area contributed by atoms with Gasteiger partial charge in [0.15, 0.2) is 0 Å². The van der Waals surface area contributed by atoms with Crippen LogP contribution in [0.2, 0.25) is 0 Å². The quantitative estimate of drug-likeness (QED) is 0.657. The Kier molecular flexibility index (Phi) is 6.04. The molecular formula is C11H21NO5S. The minimum atomic E-state index is -3.33. The number of carbonyl (C=O) groups is 1. The number of sulfonamides is 1. The van der Waals surface area contributed by atoms with Crippen LogP contribution in [0.25, 0.3) is 0 Å². The molecule has 0 saturated carbocycles. The lowest BCUT2D eigenvalue weighted by Crippen LogP contribution is -2.42. The zero-order valence-corrected chi connectivity index (χ0v) is 11.7. The first kappa shape index (κ1) is 15.4. The number of methoxy groups -OCH3 is 1. The highest BCUT2D eigenvalue weighted by Gasteiger charge is 2.32. The summed E-state index contributed by atoms with van der Waals surface area (Å²) in [6, 6.07) is 0. The molecule has 0 amide bonds. The predicted octanol–water partition coefficient (Wildman–Crippen LogP) is 0.380. The van der Waals surface area contributed by atoms with Gasteiger partial charge in [-0.05, 0) is 12.8 Å². The second-order valence-electron chi connectivity index (χ2n) is 4.17. The van der Waals surface area contributed by atoms with E-state index in [9.17, 15) is 13.2 Å². The zero-order chi connectivity index (χ0) is 13.6. The van der Waals surface area contributed by atoms with Crippen molar-refractivity contribution in [1.29, 1.82) is 0 Å². The van der Waals surface area contributed by atoms with E-state index in [1.165, 1.54) is 11.4 Å². The Morgan fingerprint density at radius 2 is 2.00 bits per heavy atom. The van der Waals surface area contributed by atoms with Crippen LogP contribution in [0, 0.1) is 0 Å². The Bertz CT molecular complexity index is 362. The summed E-state index contributed by atoms with van der Waals surface area (Å²) in [6.45, 7) is 3.30. The number of esters is 1. The Morgan fingerprint density at radius 1 is 1.39 bits per heavy atom. The van der Waals surface area contributed by atoms with Crippen LogP contribution < -0.4 is 0 Å². The van der Waals surface area contributed by atoms with Gasteiger partial charge in [-0.1, -0.05) is 6.92 Å². The Balaban J connectivity index is 2.63. The van der Waals surface area contributed by atoms with Gasteiger partial charge in [-0.2, -0.15) is 0 Å². The SMILES string of the molecule is CCN(CCC(=O)OC)S(=O)(=O)C1CCOCC1. The monoisotopic (exact) mass is 279 g/mol. The summed E-state index contributed by atoms with van der Waals surface area (Å²) in [5.74, 6) is -0.393. The van der Waals surface area contributed by atoms with E-state index in [-0.39, 0.29) is 18.2 Å². The molecule has 6 nitrogen and oxygen atoms in total. The topological polar surface area (TPSA) is 72.9 Å². The van der Waals surface area contributed by atoms with Crippen LogP contribution in [-0.4, -0.2) is 57.4 Å². The first-order valence-electron chi connectivity index (χ1n) is 6.16. The van der Waals surface area contributed by atoms with Gasteiger partial charge in [-0.3, -0.25) is 4.79 Å². The fourth-order valence-electron chi connectivity index (χ4n) is 1.97. The second-order valence-corrected chi connectivity index (χ2v) is 6.39.